The van der Waals surface area contributed by atoms with E-state index in [1.807, 2.05) is 0 Å². The lowest BCUT2D eigenvalue weighted by Crippen LogP contribution is -1.93. The van der Waals surface area contributed by atoms with Crippen LogP contribution in [0.5, 0.6) is 0 Å². The van der Waals surface area contributed by atoms with E-state index in [-0.39, 0.29) is 0 Å². The van der Waals surface area contributed by atoms with Gasteiger partial charge in [0.1, 0.15) is 0 Å². The molecule has 1 heteroatoms. The van der Waals surface area contributed by atoms with Crippen LogP contribution >= 0.6 is 11.8 Å². The maximum atomic E-state index is 2.29. The summed E-state index contributed by atoms with van der Waals surface area (Å²) in [6, 6.07) is 56.9. The molecule has 0 nitrogen and oxygen atoms in total. The Morgan fingerprint density at radius 3 is 1.44 bits per heavy atom. The number of hydrogen-bond donors (Lipinski definition) is 0. The number of hydrogen-bond acceptors (Lipinski definition) is 1. The monoisotopic (exact) mass is 514 g/mol. The van der Waals surface area contributed by atoms with Crippen LogP contribution < -0.4 is 0 Å². The molecule has 7 aromatic rings. The second-order valence-corrected chi connectivity index (χ2v) is 10.8. The van der Waals surface area contributed by atoms with Gasteiger partial charge in [0.25, 0.3) is 0 Å². The van der Waals surface area contributed by atoms with E-state index in [1.54, 1.807) is 11.8 Å². The third-order valence-corrected chi connectivity index (χ3v) is 8.33. The van der Waals surface area contributed by atoms with E-state index in [9.17, 15) is 0 Å². The van der Waals surface area contributed by atoms with Crippen LogP contribution in [0.3, 0.4) is 0 Å². The van der Waals surface area contributed by atoms with Crippen molar-refractivity contribution in [3.63, 3.8) is 0 Å². The van der Waals surface area contributed by atoms with Crippen molar-refractivity contribution in [3.05, 3.63) is 158 Å². The highest BCUT2D eigenvalue weighted by Gasteiger charge is 2.19. The van der Waals surface area contributed by atoms with Crippen molar-refractivity contribution in [1.82, 2.24) is 0 Å². The molecule has 0 fully saturated rings. The molecule has 0 aliphatic rings. The maximum Gasteiger partial charge on any atom is 0.0122 e. The predicted molar refractivity (Wildman–Crippen MR) is 168 cm³/mol. The summed E-state index contributed by atoms with van der Waals surface area (Å²) in [6.45, 7) is 0. The molecule has 0 N–H and O–H groups in total. The van der Waals surface area contributed by atoms with Gasteiger partial charge < -0.3 is 0 Å². The second kappa shape index (κ2) is 10.3. The molecule has 0 aliphatic heterocycles. The Morgan fingerprint density at radius 1 is 0.308 bits per heavy atom. The summed E-state index contributed by atoms with van der Waals surface area (Å²) in [6.07, 6.45) is 0. The van der Waals surface area contributed by atoms with Gasteiger partial charge in [-0.25, -0.2) is 0 Å². The van der Waals surface area contributed by atoms with E-state index >= 15 is 0 Å². The van der Waals surface area contributed by atoms with Crippen molar-refractivity contribution in [2.24, 2.45) is 0 Å². The zero-order valence-corrected chi connectivity index (χ0v) is 22.2. The summed E-state index contributed by atoms with van der Waals surface area (Å²) in [5.74, 6) is 0. The zero-order chi connectivity index (χ0) is 26.0. The van der Waals surface area contributed by atoms with Gasteiger partial charge in [-0.05, 0) is 79.2 Å². The standard InChI is InChI=1S/C38H26S/c1-4-13-28(14-5-1)36-33-19-10-11-20-34(33)37(29-15-6-2-7-16-29)38-32(21-12-22-35(36)38)27-23-25-31(26-24-27)39-30-17-8-3-9-18-30/h1-26H. The molecular formula is C38H26S. The minimum atomic E-state index is 1.23. The molecule has 0 saturated heterocycles. The zero-order valence-electron chi connectivity index (χ0n) is 21.4. The van der Waals surface area contributed by atoms with E-state index in [4.69, 9.17) is 0 Å². The average molecular weight is 515 g/mol. The highest BCUT2D eigenvalue weighted by molar-refractivity contribution is 7.99. The minimum Gasteiger partial charge on any atom is -0.0901 e. The van der Waals surface area contributed by atoms with Crippen LogP contribution in [-0.4, -0.2) is 0 Å². The number of fused-ring (bicyclic) bond motifs is 2. The van der Waals surface area contributed by atoms with Gasteiger partial charge in [-0.3, -0.25) is 0 Å². The topological polar surface area (TPSA) is 0 Å². The quantitative estimate of drug-likeness (QED) is 0.206. The van der Waals surface area contributed by atoms with Crippen LogP contribution in [0.25, 0.3) is 54.9 Å². The molecule has 0 spiro atoms. The molecule has 0 aliphatic carbocycles. The van der Waals surface area contributed by atoms with Gasteiger partial charge in [-0.1, -0.05) is 145 Å². The fourth-order valence-electron chi connectivity index (χ4n) is 5.62. The van der Waals surface area contributed by atoms with Crippen molar-refractivity contribution in [2.45, 2.75) is 9.79 Å². The lowest BCUT2D eigenvalue weighted by atomic mass is 9.83. The Labute approximate surface area is 233 Å². The van der Waals surface area contributed by atoms with Crippen molar-refractivity contribution in [1.29, 1.82) is 0 Å². The maximum absolute atomic E-state index is 2.29. The van der Waals surface area contributed by atoms with E-state index in [2.05, 4.69) is 158 Å². The van der Waals surface area contributed by atoms with Gasteiger partial charge >= 0.3 is 0 Å². The summed E-state index contributed by atoms with van der Waals surface area (Å²) in [4.78, 5) is 2.49. The highest BCUT2D eigenvalue weighted by Crippen LogP contribution is 2.47. The first-order chi connectivity index (χ1) is 19.4. The smallest absolute Gasteiger partial charge is 0.0122 e. The van der Waals surface area contributed by atoms with Crippen molar-refractivity contribution < 1.29 is 0 Å². The van der Waals surface area contributed by atoms with Gasteiger partial charge in [0.15, 0.2) is 0 Å². The molecule has 0 heterocycles. The van der Waals surface area contributed by atoms with Crippen molar-refractivity contribution in [3.8, 4) is 33.4 Å². The normalized spacial score (nSPS) is 11.2. The summed E-state index contributed by atoms with van der Waals surface area (Å²) < 4.78 is 0. The molecule has 39 heavy (non-hydrogen) atoms. The van der Waals surface area contributed by atoms with Crippen molar-refractivity contribution >= 4 is 33.3 Å². The van der Waals surface area contributed by atoms with E-state index in [0.717, 1.165) is 0 Å². The Morgan fingerprint density at radius 2 is 0.795 bits per heavy atom. The first-order valence-electron chi connectivity index (χ1n) is 13.3. The molecule has 0 aromatic heterocycles. The molecule has 0 atom stereocenters. The van der Waals surface area contributed by atoms with E-state index in [0.29, 0.717) is 0 Å². The summed E-state index contributed by atoms with van der Waals surface area (Å²) >= 11 is 1.80. The fraction of sp³-hybridized carbons (Fsp3) is 0. The third-order valence-electron chi connectivity index (χ3n) is 7.32. The van der Waals surface area contributed by atoms with Crippen LogP contribution in [0.1, 0.15) is 0 Å². The van der Waals surface area contributed by atoms with Crippen LogP contribution in [0, 0.1) is 0 Å². The first kappa shape index (κ1) is 23.5. The Balaban J connectivity index is 1.51. The van der Waals surface area contributed by atoms with Gasteiger partial charge in [0.2, 0.25) is 0 Å². The van der Waals surface area contributed by atoms with E-state index in [1.165, 1.54) is 64.7 Å². The van der Waals surface area contributed by atoms with Crippen molar-refractivity contribution in [2.75, 3.05) is 0 Å². The average Bonchev–Trinajstić information content (AvgIpc) is 3.01. The SMILES string of the molecule is c1ccc(Sc2ccc(-c3cccc4c(-c5ccccc5)c5ccccc5c(-c5ccccc5)c34)cc2)cc1. The summed E-state index contributed by atoms with van der Waals surface area (Å²) in [5.41, 5.74) is 7.54. The van der Waals surface area contributed by atoms with Gasteiger partial charge in [0, 0.05) is 9.79 Å². The Kier molecular flexibility index (Phi) is 6.20. The molecule has 0 amide bonds. The molecular weight excluding hydrogens is 488 g/mol. The molecule has 0 radical (unpaired) electrons. The van der Waals surface area contributed by atoms with E-state index < -0.39 is 0 Å². The molecule has 0 saturated carbocycles. The predicted octanol–water partition coefficient (Wildman–Crippen LogP) is 11.1. The Bertz CT molecular complexity index is 1890. The fourth-order valence-corrected chi connectivity index (χ4v) is 6.45. The molecule has 7 aromatic carbocycles. The van der Waals surface area contributed by atoms with Crippen LogP contribution in [-0.2, 0) is 0 Å². The van der Waals surface area contributed by atoms with Gasteiger partial charge in [-0.15, -0.1) is 0 Å². The highest BCUT2D eigenvalue weighted by atomic mass is 32.2. The molecule has 0 bridgehead atoms. The molecule has 184 valence electrons. The summed E-state index contributed by atoms with van der Waals surface area (Å²) in [5, 5.41) is 5.13. The van der Waals surface area contributed by atoms with Crippen LogP contribution in [0.2, 0.25) is 0 Å². The third kappa shape index (κ3) is 4.41. The van der Waals surface area contributed by atoms with Crippen LogP contribution in [0.15, 0.2) is 168 Å². The van der Waals surface area contributed by atoms with Gasteiger partial charge in [0.05, 0.1) is 0 Å². The Hall–Kier alpha value is -4.59. The summed E-state index contributed by atoms with van der Waals surface area (Å²) in [7, 11) is 0. The lowest BCUT2D eigenvalue weighted by molar-refractivity contribution is 1.41. The molecule has 7 rings (SSSR count). The largest absolute Gasteiger partial charge is 0.0901 e. The molecule has 0 unspecified atom stereocenters. The minimum absolute atomic E-state index is 1.23. The second-order valence-electron chi connectivity index (χ2n) is 9.70. The van der Waals surface area contributed by atoms with Crippen LogP contribution in [0.4, 0.5) is 0 Å². The number of rotatable bonds is 5. The first-order valence-corrected chi connectivity index (χ1v) is 14.1. The number of benzene rings is 7. The van der Waals surface area contributed by atoms with Gasteiger partial charge in [-0.2, -0.15) is 0 Å². The lowest BCUT2D eigenvalue weighted by Gasteiger charge is -2.20.